The summed E-state index contributed by atoms with van der Waals surface area (Å²) in [5.41, 5.74) is 0.605. The molecule has 0 aliphatic heterocycles. The molecular formula is C11H14Cl2FN. The van der Waals surface area contributed by atoms with Crippen molar-refractivity contribution in [2.45, 2.75) is 19.4 Å². The fourth-order valence-electron chi connectivity index (χ4n) is 1.25. The Balaban J connectivity index is 2.33. The van der Waals surface area contributed by atoms with Crippen LogP contribution in [0.2, 0.25) is 5.02 Å². The smallest absolute Gasteiger partial charge is 0.127 e. The predicted molar refractivity (Wildman–Crippen MR) is 63.1 cm³/mol. The molecule has 0 radical (unpaired) electrons. The van der Waals surface area contributed by atoms with Crippen LogP contribution in [0.25, 0.3) is 0 Å². The van der Waals surface area contributed by atoms with Gasteiger partial charge in [-0.25, -0.2) is 4.39 Å². The number of alkyl halides is 1. The second kappa shape index (κ2) is 7.04. The molecule has 0 spiro atoms. The van der Waals surface area contributed by atoms with Gasteiger partial charge in [0.05, 0.1) is 0 Å². The molecular weight excluding hydrogens is 236 g/mol. The van der Waals surface area contributed by atoms with E-state index in [4.69, 9.17) is 23.2 Å². The lowest BCUT2D eigenvalue weighted by molar-refractivity contribution is 0.580. The topological polar surface area (TPSA) is 12.0 Å². The Kier molecular flexibility index (Phi) is 5.99. The van der Waals surface area contributed by atoms with Gasteiger partial charge >= 0.3 is 0 Å². The van der Waals surface area contributed by atoms with Crippen molar-refractivity contribution in [1.82, 2.24) is 5.32 Å². The summed E-state index contributed by atoms with van der Waals surface area (Å²) in [5, 5.41) is 3.71. The van der Waals surface area contributed by atoms with Crippen molar-refractivity contribution in [3.8, 4) is 0 Å². The second-order valence-electron chi connectivity index (χ2n) is 3.31. The second-order valence-corrected chi connectivity index (χ2v) is 4.12. The number of rotatable bonds is 6. The summed E-state index contributed by atoms with van der Waals surface area (Å²) >= 11 is 11.3. The highest BCUT2D eigenvalue weighted by atomic mass is 35.5. The van der Waals surface area contributed by atoms with Crippen molar-refractivity contribution in [1.29, 1.82) is 0 Å². The zero-order valence-electron chi connectivity index (χ0n) is 8.40. The number of benzene rings is 1. The van der Waals surface area contributed by atoms with Gasteiger partial charge in [-0.2, -0.15) is 0 Å². The van der Waals surface area contributed by atoms with Crippen LogP contribution >= 0.6 is 23.2 Å². The first kappa shape index (κ1) is 12.8. The molecule has 1 aromatic rings. The first-order chi connectivity index (χ1) is 7.24. The molecule has 0 saturated heterocycles. The highest BCUT2D eigenvalue weighted by Crippen LogP contribution is 2.14. The molecule has 0 heterocycles. The van der Waals surface area contributed by atoms with Gasteiger partial charge in [0, 0.05) is 23.0 Å². The lowest BCUT2D eigenvalue weighted by Gasteiger charge is -2.05. The van der Waals surface area contributed by atoms with Crippen LogP contribution in [0.5, 0.6) is 0 Å². The van der Waals surface area contributed by atoms with Crippen molar-refractivity contribution in [2.24, 2.45) is 0 Å². The monoisotopic (exact) mass is 249 g/mol. The van der Waals surface area contributed by atoms with Crippen molar-refractivity contribution >= 4 is 23.2 Å². The maximum absolute atomic E-state index is 13.2. The number of unbranched alkanes of at least 4 members (excludes halogenated alkanes) is 1. The van der Waals surface area contributed by atoms with Gasteiger partial charge < -0.3 is 5.32 Å². The van der Waals surface area contributed by atoms with E-state index in [1.165, 1.54) is 6.07 Å². The quantitative estimate of drug-likeness (QED) is 0.601. The molecule has 1 rings (SSSR count). The molecule has 0 bridgehead atoms. The molecule has 0 saturated carbocycles. The van der Waals surface area contributed by atoms with E-state index in [0.717, 1.165) is 19.4 Å². The van der Waals surface area contributed by atoms with E-state index >= 15 is 0 Å². The summed E-state index contributed by atoms with van der Waals surface area (Å²) in [4.78, 5) is 0. The lowest BCUT2D eigenvalue weighted by Crippen LogP contribution is -2.15. The molecule has 1 aromatic carbocycles. The van der Waals surface area contributed by atoms with Crippen LogP contribution in [-0.4, -0.2) is 12.4 Å². The van der Waals surface area contributed by atoms with Gasteiger partial charge in [-0.3, -0.25) is 0 Å². The predicted octanol–water partition coefficient (Wildman–Crippen LogP) is 3.59. The first-order valence-electron chi connectivity index (χ1n) is 4.94. The summed E-state index contributed by atoms with van der Waals surface area (Å²) in [5.74, 6) is 0.456. The van der Waals surface area contributed by atoms with Gasteiger partial charge in [0.25, 0.3) is 0 Å². The average Bonchev–Trinajstić information content (AvgIpc) is 2.23. The van der Waals surface area contributed by atoms with Gasteiger partial charge in [-0.05, 0) is 37.6 Å². The van der Waals surface area contributed by atoms with E-state index in [9.17, 15) is 4.39 Å². The molecule has 1 nitrogen and oxygen atoms in total. The van der Waals surface area contributed by atoms with E-state index in [-0.39, 0.29) is 5.82 Å². The van der Waals surface area contributed by atoms with E-state index in [0.29, 0.717) is 23.0 Å². The van der Waals surface area contributed by atoms with Crippen LogP contribution in [0.4, 0.5) is 4.39 Å². The molecule has 0 unspecified atom stereocenters. The van der Waals surface area contributed by atoms with Gasteiger partial charge in [0.2, 0.25) is 0 Å². The summed E-state index contributed by atoms with van der Waals surface area (Å²) in [6.45, 7) is 1.35. The molecule has 0 fully saturated rings. The summed E-state index contributed by atoms with van der Waals surface area (Å²) in [7, 11) is 0. The summed E-state index contributed by atoms with van der Waals surface area (Å²) in [6.07, 6.45) is 1.98. The largest absolute Gasteiger partial charge is 0.313 e. The Morgan fingerprint density at radius 3 is 2.80 bits per heavy atom. The number of hydrogen-bond acceptors (Lipinski definition) is 1. The van der Waals surface area contributed by atoms with Crippen molar-refractivity contribution < 1.29 is 4.39 Å². The Labute approximate surface area is 99.6 Å². The zero-order valence-corrected chi connectivity index (χ0v) is 9.91. The molecule has 0 atom stereocenters. The first-order valence-corrected chi connectivity index (χ1v) is 5.86. The minimum Gasteiger partial charge on any atom is -0.313 e. The molecule has 0 aliphatic carbocycles. The van der Waals surface area contributed by atoms with Gasteiger partial charge in [0.15, 0.2) is 0 Å². The van der Waals surface area contributed by atoms with E-state index in [2.05, 4.69) is 5.32 Å². The molecule has 0 aliphatic rings. The Morgan fingerprint density at radius 2 is 2.07 bits per heavy atom. The van der Waals surface area contributed by atoms with Gasteiger partial charge in [0.1, 0.15) is 5.82 Å². The third-order valence-electron chi connectivity index (χ3n) is 2.06. The van der Waals surface area contributed by atoms with Crippen LogP contribution in [0.15, 0.2) is 18.2 Å². The molecule has 1 N–H and O–H groups in total. The van der Waals surface area contributed by atoms with Crippen LogP contribution in [0.3, 0.4) is 0 Å². The van der Waals surface area contributed by atoms with Gasteiger partial charge in [-0.1, -0.05) is 11.6 Å². The van der Waals surface area contributed by atoms with Crippen LogP contribution in [-0.2, 0) is 6.54 Å². The van der Waals surface area contributed by atoms with Crippen molar-refractivity contribution in [3.05, 3.63) is 34.6 Å². The molecule has 4 heteroatoms. The zero-order chi connectivity index (χ0) is 11.1. The third-order valence-corrected chi connectivity index (χ3v) is 2.56. The van der Waals surface area contributed by atoms with E-state index < -0.39 is 0 Å². The van der Waals surface area contributed by atoms with Crippen LogP contribution in [0.1, 0.15) is 18.4 Å². The standard InChI is InChI=1S/C11H14Cl2FN/c12-5-1-2-6-15-8-9-7-10(13)3-4-11(9)14/h3-4,7,15H,1-2,5-6,8H2. The molecule has 0 aromatic heterocycles. The highest BCUT2D eigenvalue weighted by molar-refractivity contribution is 6.30. The highest BCUT2D eigenvalue weighted by Gasteiger charge is 2.01. The minimum atomic E-state index is -0.218. The third kappa shape index (κ3) is 4.83. The van der Waals surface area contributed by atoms with Crippen molar-refractivity contribution in [3.63, 3.8) is 0 Å². The number of nitrogens with one attached hydrogen (secondary N) is 1. The molecule has 0 amide bonds. The number of halogens is 3. The normalized spacial score (nSPS) is 10.6. The lowest BCUT2D eigenvalue weighted by atomic mass is 10.2. The molecule has 84 valence electrons. The SMILES string of the molecule is Fc1ccc(Cl)cc1CNCCCCCl. The Morgan fingerprint density at radius 1 is 1.27 bits per heavy atom. The Hall–Kier alpha value is -0.310. The van der Waals surface area contributed by atoms with Gasteiger partial charge in [-0.15, -0.1) is 11.6 Å². The summed E-state index contributed by atoms with van der Waals surface area (Å²) in [6, 6.07) is 4.58. The molecule has 15 heavy (non-hydrogen) atoms. The fraction of sp³-hybridized carbons (Fsp3) is 0.455. The van der Waals surface area contributed by atoms with Crippen molar-refractivity contribution in [2.75, 3.05) is 12.4 Å². The van der Waals surface area contributed by atoms with Crippen LogP contribution < -0.4 is 5.32 Å². The minimum absolute atomic E-state index is 0.218. The summed E-state index contributed by atoms with van der Waals surface area (Å²) < 4.78 is 13.2. The van der Waals surface area contributed by atoms with Crippen LogP contribution in [0, 0.1) is 5.82 Å². The van der Waals surface area contributed by atoms with E-state index in [1.54, 1.807) is 12.1 Å². The Bertz CT molecular complexity index is 305. The average molecular weight is 250 g/mol. The maximum Gasteiger partial charge on any atom is 0.127 e. The van der Waals surface area contributed by atoms with E-state index in [1.807, 2.05) is 0 Å². The maximum atomic E-state index is 13.2. The fourth-order valence-corrected chi connectivity index (χ4v) is 1.63. The number of hydrogen-bond donors (Lipinski definition) is 1.